The monoisotopic (exact) mass is 254 g/mol. The molecule has 0 aromatic heterocycles. The maximum Gasteiger partial charge on any atom is 0.0739 e. The van der Waals surface area contributed by atoms with Gasteiger partial charge in [-0.25, -0.2) is 5.43 Å². The summed E-state index contributed by atoms with van der Waals surface area (Å²) < 4.78 is 0. The second kappa shape index (κ2) is 6.85. The van der Waals surface area contributed by atoms with Crippen molar-refractivity contribution in [3.8, 4) is 0 Å². The van der Waals surface area contributed by atoms with Crippen LogP contribution in [0, 0.1) is 11.8 Å². The molecule has 0 saturated carbocycles. The Labute approximate surface area is 112 Å². The van der Waals surface area contributed by atoms with Gasteiger partial charge in [0.25, 0.3) is 0 Å². The quantitative estimate of drug-likeness (QED) is 0.527. The molecule has 2 aliphatic heterocycles. The average molecular weight is 254 g/mol. The first-order chi connectivity index (χ1) is 8.78. The van der Waals surface area contributed by atoms with E-state index in [4.69, 9.17) is 5.84 Å². The third-order valence-electron chi connectivity index (χ3n) is 4.96. The number of hydrogen-bond donors (Lipinski definition) is 3. The van der Waals surface area contributed by atoms with E-state index in [9.17, 15) is 0 Å². The number of nitrogens with two attached hydrogens (primary N) is 1. The molecule has 4 atom stereocenters. The van der Waals surface area contributed by atoms with Crippen LogP contribution in [-0.2, 0) is 0 Å². The first-order valence-electron chi connectivity index (χ1n) is 7.73. The van der Waals surface area contributed by atoms with Gasteiger partial charge in [0.1, 0.15) is 0 Å². The van der Waals surface area contributed by atoms with Crippen LogP contribution < -0.4 is 16.6 Å². The molecule has 0 spiro atoms. The predicted molar refractivity (Wildman–Crippen MR) is 75.6 cm³/mol. The molecule has 2 saturated heterocycles. The van der Waals surface area contributed by atoms with Crippen molar-refractivity contribution in [2.75, 3.05) is 13.1 Å². The molecule has 106 valence electrons. The Bertz CT molecular complexity index is 238. The molecule has 18 heavy (non-hydrogen) atoms. The minimum atomic E-state index is 0.364. The molecule has 2 aliphatic rings. The van der Waals surface area contributed by atoms with Crippen LogP contribution in [0.4, 0.5) is 0 Å². The molecule has 0 bridgehead atoms. The van der Waals surface area contributed by atoms with Crippen molar-refractivity contribution in [1.82, 2.24) is 15.6 Å². The Balaban J connectivity index is 1.91. The maximum atomic E-state index is 5.72. The Morgan fingerprint density at radius 3 is 2.39 bits per heavy atom. The van der Waals surface area contributed by atoms with Crippen molar-refractivity contribution in [1.29, 1.82) is 0 Å². The van der Waals surface area contributed by atoms with Crippen molar-refractivity contribution in [3.05, 3.63) is 0 Å². The first kappa shape index (κ1) is 14.3. The van der Waals surface area contributed by atoms with Crippen molar-refractivity contribution in [3.63, 3.8) is 0 Å². The fourth-order valence-electron chi connectivity index (χ4n) is 3.46. The summed E-state index contributed by atoms with van der Waals surface area (Å²) >= 11 is 0. The van der Waals surface area contributed by atoms with E-state index in [0.29, 0.717) is 12.3 Å². The zero-order chi connectivity index (χ0) is 13.0. The molecule has 4 N–H and O–H groups in total. The third-order valence-corrected chi connectivity index (χ3v) is 4.96. The highest BCUT2D eigenvalue weighted by Crippen LogP contribution is 2.27. The molecule has 2 rings (SSSR count). The highest BCUT2D eigenvalue weighted by Gasteiger charge is 2.33. The summed E-state index contributed by atoms with van der Waals surface area (Å²) in [6, 6.07) is 0. The Kier molecular flexibility index (Phi) is 5.42. The van der Waals surface area contributed by atoms with Crippen LogP contribution in [0.5, 0.6) is 0 Å². The number of hydrazine groups is 1. The largest absolute Gasteiger partial charge is 0.301 e. The third kappa shape index (κ3) is 3.23. The van der Waals surface area contributed by atoms with Gasteiger partial charge in [0.15, 0.2) is 0 Å². The number of nitrogens with zero attached hydrogens (tertiary/aromatic N) is 1. The van der Waals surface area contributed by atoms with Gasteiger partial charge in [0.2, 0.25) is 0 Å². The zero-order valence-electron chi connectivity index (χ0n) is 12.0. The van der Waals surface area contributed by atoms with Crippen molar-refractivity contribution < 1.29 is 0 Å². The van der Waals surface area contributed by atoms with Crippen molar-refractivity contribution >= 4 is 0 Å². The number of nitrogens with one attached hydrogen (secondary N) is 2. The fourth-order valence-corrected chi connectivity index (χ4v) is 3.46. The minimum Gasteiger partial charge on any atom is -0.301 e. The predicted octanol–water partition coefficient (Wildman–Crippen LogP) is 1.63. The minimum absolute atomic E-state index is 0.364. The van der Waals surface area contributed by atoms with E-state index in [1.54, 1.807) is 0 Å². The summed E-state index contributed by atoms with van der Waals surface area (Å²) in [7, 11) is 0. The molecule has 0 aliphatic carbocycles. The Morgan fingerprint density at radius 1 is 1.11 bits per heavy atom. The lowest BCUT2D eigenvalue weighted by molar-refractivity contribution is 0.0107. The first-order valence-corrected chi connectivity index (χ1v) is 7.73. The number of likely N-dealkylation sites (tertiary alicyclic amines) is 1. The normalized spacial score (nSPS) is 38.8. The van der Waals surface area contributed by atoms with E-state index < -0.39 is 0 Å². The lowest BCUT2D eigenvalue weighted by atomic mass is 9.90. The van der Waals surface area contributed by atoms with E-state index in [0.717, 1.165) is 11.8 Å². The van der Waals surface area contributed by atoms with Crippen LogP contribution in [0.1, 0.15) is 52.4 Å². The molecule has 0 amide bonds. The summed E-state index contributed by atoms with van der Waals surface area (Å²) in [5.41, 5.74) is 3.01. The van der Waals surface area contributed by atoms with Crippen LogP contribution in [0.2, 0.25) is 0 Å². The van der Waals surface area contributed by atoms with Gasteiger partial charge in [0.05, 0.1) is 12.3 Å². The molecule has 2 fully saturated rings. The van der Waals surface area contributed by atoms with Crippen LogP contribution in [-0.4, -0.2) is 30.3 Å². The number of hydrogen-bond acceptors (Lipinski definition) is 4. The van der Waals surface area contributed by atoms with Crippen LogP contribution in [0.15, 0.2) is 0 Å². The molecule has 0 aromatic carbocycles. The van der Waals surface area contributed by atoms with Gasteiger partial charge in [-0.2, -0.15) is 0 Å². The van der Waals surface area contributed by atoms with Crippen molar-refractivity contribution in [2.24, 2.45) is 17.7 Å². The van der Waals surface area contributed by atoms with E-state index in [1.807, 2.05) is 0 Å². The lowest BCUT2D eigenvalue weighted by Crippen LogP contribution is -2.62. The van der Waals surface area contributed by atoms with Crippen LogP contribution in [0.3, 0.4) is 0 Å². The van der Waals surface area contributed by atoms with Gasteiger partial charge in [-0.05, 0) is 44.1 Å². The summed E-state index contributed by atoms with van der Waals surface area (Å²) in [4.78, 5) is 2.57. The van der Waals surface area contributed by atoms with E-state index >= 15 is 0 Å². The number of rotatable bonds is 4. The topological polar surface area (TPSA) is 53.3 Å². The molecule has 0 aromatic rings. The van der Waals surface area contributed by atoms with Crippen molar-refractivity contribution in [2.45, 2.75) is 64.7 Å². The van der Waals surface area contributed by atoms with Crippen LogP contribution >= 0.6 is 0 Å². The molecule has 4 heteroatoms. The van der Waals surface area contributed by atoms with Gasteiger partial charge < -0.3 is 5.32 Å². The maximum absolute atomic E-state index is 5.72. The molecule has 4 nitrogen and oxygen atoms in total. The standard InChI is InChI=1S/C14H30N4/c1-3-11-5-7-13(16-9-11)18-10-12(4-2)6-8-14(18)17-15/h11-14,16-17H,3-10,15H2,1-2H3. The Hall–Kier alpha value is -0.160. The van der Waals surface area contributed by atoms with Gasteiger partial charge in [-0.15, -0.1) is 0 Å². The summed E-state index contributed by atoms with van der Waals surface area (Å²) in [5.74, 6) is 7.44. The highest BCUT2D eigenvalue weighted by molar-refractivity contribution is 4.86. The van der Waals surface area contributed by atoms with Gasteiger partial charge in [-0.1, -0.05) is 26.7 Å². The SMILES string of the molecule is CCC1CCC(N2CC(CC)CCC2NN)NC1. The molecule has 0 radical (unpaired) electrons. The van der Waals surface area contributed by atoms with Crippen LogP contribution in [0.25, 0.3) is 0 Å². The van der Waals surface area contributed by atoms with Gasteiger partial charge >= 0.3 is 0 Å². The Morgan fingerprint density at radius 2 is 1.83 bits per heavy atom. The van der Waals surface area contributed by atoms with E-state index in [-0.39, 0.29) is 0 Å². The number of piperidine rings is 2. The summed E-state index contributed by atoms with van der Waals surface area (Å²) in [6.45, 7) is 6.97. The fraction of sp³-hybridized carbons (Fsp3) is 1.00. The second-order valence-electron chi connectivity index (χ2n) is 6.01. The molecule has 4 unspecified atom stereocenters. The molecular weight excluding hydrogens is 224 g/mol. The second-order valence-corrected chi connectivity index (χ2v) is 6.01. The smallest absolute Gasteiger partial charge is 0.0739 e. The molecule has 2 heterocycles. The van der Waals surface area contributed by atoms with E-state index in [2.05, 4.69) is 29.5 Å². The van der Waals surface area contributed by atoms with Gasteiger partial charge in [-0.3, -0.25) is 10.7 Å². The zero-order valence-corrected chi connectivity index (χ0v) is 12.0. The summed E-state index contributed by atoms with van der Waals surface area (Å²) in [5, 5.41) is 3.73. The lowest BCUT2D eigenvalue weighted by Gasteiger charge is -2.46. The highest BCUT2D eigenvalue weighted by atomic mass is 15.4. The average Bonchev–Trinajstić information content (AvgIpc) is 2.46. The molecular formula is C14H30N4. The van der Waals surface area contributed by atoms with E-state index in [1.165, 1.54) is 51.6 Å². The van der Waals surface area contributed by atoms with Gasteiger partial charge in [0, 0.05) is 6.54 Å². The summed E-state index contributed by atoms with van der Waals surface area (Å²) in [6.07, 6.45) is 8.61.